The Bertz CT molecular complexity index is 712. The quantitative estimate of drug-likeness (QED) is 0.779. The average molecular weight is 266 g/mol. The number of nitrogens with zero attached hydrogens (tertiary/aromatic N) is 1. The Morgan fingerprint density at radius 3 is 2.75 bits per heavy atom. The SMILES string of the molecule is CCNC(c1ccoc1C)c1cncc2ccccc12. The molecular formula is C17H18N2O. The van der Waals surface area contributed by atoms with Gasteiger partial charge in [0.2, 0.25) is 0 Å². The van der Waals surface area contributed by atoms with E-state index in [1.54, 1.807) is 6.26 Å². The van der Waals surface area contributed by atoms with Crippen LogP contribution in [0.2, 0.25) is 0 Å². The summed E-state index contributed by atoms with van der Waals surface area (Å²) in [6.07, 6.45) is 5.60. The van der Waals surface area contributed by atoms with Gasteiger partial charge in [0.05, 0.1) is 12.3 Å². The maximum atomic E-state index is 5.46. The van der Waals surface area contributed by atoms with Gasteiger partial charge >= 0.3 is 0 Å². The van der Waals surface area contributed by atoms with Gasteiger partial charge in [0.1, 0.15) is 5.76 Å². The second-order valence-corrected chi connectivity index (χ2v) is 4.87. The predicted octanol–water partition coefficient (Wildman–Crippen LogP) is 3.84. The number of benzene rings is 1. The molecular weight excluding hydrogens is 248 g/mol. The first kappa shape index (κ1) is 12.9. The molecule has 0 saturated carbocycles. The Labute approximate surface area is 118 Å². The molecule has 102 valence electrons. The third-order valence-electron chi connectivity index (χ3n) is 3.63. The minimum absolute atomic E-state index is 0.109. The smallest absolute Gasteiger partial charge is 0.105 e. The molecule has 1 atom stereocenters. The highest BCUT2D eigenvalue weighted by Gasteiger charge is 2.19. The maximum absolute atomic E-state index is 5.46. The van der Waals surface area contributed by atoms with Gasteiger partial charge in [0.25, 0.3) is 0 Å². The van der Waals surface area contributed by atoms with E-state index in [1.165, 1.54) is 16.5 Å². The number of furan rings is 1. The van der Waals surface area contributed by atoms with Crippen molar-refractivity contribution in [2.24, 2.45) is 0 Å². The van der Waals surface area contributed by atoms with E-state index in [4.69, 9.17) is 4.42 Å². The third-order valence-corrected chi connectivity index (χ3v) is 3.63. The largest absolute Gasteiger partial charge is 0.469 e. The number of fused-ring (bicyclic) bond motifs is 1. The third kappa shape index (κ3) is 2.21. The summed E-state index contributed by atoms with van der Waals surface area (Å²) >= 11 is 0. The van der Waals surface area contributed by atoms with Gasteiger partial charge in [-0.05, 0) is 30.5 Å². The van der Waals surface area contributed by atoms with Crippen LogP contribution in [0.4, 0.5) is 0 Å². The first-order chi connectivity index (χ1) is 9.81. The van der Waals surface area contributed by atoms with E-state index >= 15 is 0 Å². The Kier molecular flexibility index (Phi) is 3.52. The molecule has 0 aliphatic heterocycles. The van der Waals surface area contributed by atoms with Crippen LogP contribution in [0.1, 0.15) is 29.9 Å². The molecule has 3 heteroatoms. The highest BCUT2D eigenvalue weighted by Crippen LogP contribution is 2.30. The number of aryl methyl sites for hydroxylation is 1. The van der Waals surface area contributed by atoms with E-state index in [0.29, 0.717) is 0 Å². The number of nitrogens with one attached hydrogen (secondary N) is 1. The van der Waals surface area contributed by atoms with Gasteiger partial charge in [-0.3, -0.25) is 4.98 Å². The van der Waals surface area contributed by atoms with Crippen LogP contribution in [0.3, 0.4) is 0 Å². The molecule has 0 spiro atoms. The molecule has 20 heavy (non-hydrogen) atoms. The molecule has 0 bridgehead atoms. The van der Waals surface area contributed by atoms with E-state index < -0.39 is 0 Å². The highest BCUT2D eigenvalue weighted by molar-refractivity contribution is 5.85. The molecule has 0 radical (unpaired) electrons. The van der Waals surface area contributed by atoms with Crippen LogP contribution >= 0.6 is 0 Å². The predicted molar refractivity (Wildman–Crippen MR) is 80.7 cm³/mol. The molecule has 1 unspecified atom stereocenters. The summed E-state index contributed by atoms with van der Waals surface area (Å²) in [5, 5.41) is 5.93. The average Bonchev–Trinajstić information content (AvgIpc) is 2.90. The topological polar surface area (TPSA) is 38.1 Å². The highest BCUT2D eigenvalue weighted by atomic mass is 16.3. The second-order valence-electron chi connectivity index (χ2n) is 4.87. The minimum atomic E-state index is 0.109. The van der Waals surface area contributed by atoms with Crippen molar-refractivity contribution in [2.75, 3.05) is 6.54 Å². The molecule has 0 aliphatic carbocycles. The molecule has 0 amide bonds. The number of pyridine rings is 1. The Morgan fingerprint density at radius 2 is 2.00 bits per heavy atom. The molecule has 0 saturated heterocycles. The Morgan fingerprint density at radius 1 is 1.15 bits per heavy atom. The summed E-state index contributed by atoms with van der Waals surface area (Å²) < 4.78 is 5.46. The van der Waals surface area contributed by atoms with Gasteiger partial charge in [-0.15, -0.1) is 0 Å². The monoisotopic (exact) mass is 266 g/mol. The van der Waals surface area contributed by atoms with Crippen molar-refractivity contribution in [2.45, 2.75) is 19.9 Å². The summed E-state index contributed by atoms with van der Waals surface area (Å²) in [5.74, 6) is 0.948. The van der Waals surface area contributed by atoms with Gasteiger partial charge in [-0.1, -0.05) is 31.2 Å². The summed E-state index contributed by atoms with van der Waals surface area (Å²) in [6.45, 7) is 5.00. The van der Waals surface area contributed by atoms with Crippen molar-refractivity contribution in [1.82, 2.24) is 10.3 Å². The molecule has 1 N–H and O–H groups in total. The van der Waals surface area contributed by atoms with E-state index in [1.807, 2.05) is 31.5 Å². The van der Waals surface area contributed by atoms with Gasteiger partial charge < -0.3 is 9.73 Å². The zero-order valence-electron chi connectivity index (χ0n) is 11.8. The van der Waals surface area contributed by atoms with Crippen LogP contribution in [0, 0.1) is 6.92 Å². The van der Waals surface area contributed by atoms with Crippen molar-refractivity contribution >= 4 is 10.8 Å². The van der Waals surface area contributed by atoms with E-state index in [-0.39, 0.29) is 6.04 Å². The van der Waals surface area contributed by atoms with Crippen LogP contribution < -0.4 is 5.32 Å². The number of hydrogen-bond acceptors (Lipinski definition) is 3. The van der Waals surface area contributed by atoms with Gasteiger partial charge in [-0.2, -0.15) is 0 Å². The normalized spacial score (nSPS) is 12.7. The Balaban J connectivity index is 2.17. The lowest BCUT2D eigenvalue weighted by Crippen LogP contribution is -2.22. The van der Waals surface area contributed by atoms with Crippen molar-refractivity contribution in [3.05, 3.63) is 65.9 Å². The van der Waals surface area contributed by atoms with Crippen molar-refractivity contribution in [3.8, 4) is 0 Å². The minimum Gasteiger partial charge on any atom is -0.469 e. The molecule has 3 rings (SSSR count). The molecule has 0 aliphatic rings. The van der Waals surface area contributed by atoms with E-state index in [2.05, 4.69) is 35.4 Å². The van der Waals surface area contributed by atoms with E-state index in [9.17, 15) is 0 Å². The van der Waals surface area contributed by atoms with Crippen molar-refractivity contribution < 1.29 is 4.42 Å². The second kappa shape index (κ2) is 5.47. The first-order valence-corrected chi connectivity index (χ1v) is 6.91. The fraction of sp³-hybridized carbons (Fsp3) is 0.235. The van der Waals surface area contributed by atoms with Gasteiger partial charge in [0, 0.05) is 23.3 Å². The molecule has 3 nitrogen and oxygen atoms in total. The van der Waals surface area contributed by atoms with Crippen LogP contribution in [0.5, 0.6) is 0 Å². The molecule has 2 aromatic heterocycles. The lowest BCUT2D eigenvalue weighted by atomic mass is 9.96. The van der Waals surface area contributed by atoms with Crippen LogP contribution in [0.15, 0.2) is 53.4 Å². The zero-order chi connectivity index (χ0) is 13.9. The Hall–Kier alpha value is -2.13. The van der Waals surface area contributed by atoms with Crippen molar-refractivity contribution in [3.63, 3.8) is 0 Å². The fourth-order valence-electron chi connectivity index (χ4n) is 2.66. The zero-order valence-corrected chi connectivity index (χ0v) is 11.8. The molecule has 3 aromatic rings. The van der Waals surface area contributed by atoms with Gasteiger partial charge in [-0.25, -0.2) is 0 Å². The molecule has 1 aromatic carbocycles. The lowest BCUT2D eigenvalue weighted by Gasteiger charge is -2.19. The molecule has 2 heterocycles. The fourth-order valence-corrected chi connectivity index (χ4v) is 2.66. The van der Waals surface area contributed by atoms with Crippen LogP contribution in [0.25, 0.3) is 10.8 Å². The number of rotatable bonds is 4. The van der Waals surface area contributed by atoms with Crippen LogP contribution in [-0.2, 0) is 0 Å². The number of hydrogen-bond donors (Lipinski definition) is 1. The maximum Gasteiger partial charge on any atom is 0.105 e. The van der Waals surface area contributed by atoms with Gasteiger partial charge in [0.15, 0.2) is 0 Å². The number of aromatic nitrogens is 1. The summed E-state index contributed by atoms with van der Waals surface area (Å²) in [7, 11) is 0. The van der Waals surface area contributed by atoms with Crippen LogP contribution in [-0.4, -0.2) is 11.5 Å². The summed E-state index contributed by atoms with van der Waals surface area (Å²) in [6, 6.07) is 10.5. The molecule has 0 fully saturated rings. The standard InChI is InChI=1S/C17H18N2O/c1-3-19-17(14-8-9-20-12(14)2)16-11-18-10-13-6-4-5-7-15(13)16/h4-11,17,19H,3H2,1-2H3. The summed E-state index contributed by atoms with van der Waals surface area (Å²) in [5.41, 5.74) is 2.36. The van der Waals surface area contributed by atoms with Crippen molar-refractivity contribution in [1.29, 1.82) is 0 Å². The van der Waals surface area contributed by atoms with E-state index in [0.717, 1.165) is 17.7 Å². The summed E-state index contributed by atoms with van der Waals surface area (Å²) in [4.78, 5) is 4.38. The lowest BCUT2D eigenvalue weighted by molar-refractivity contribution is 0.520. The first-order valence-electron chi connectivity index (χ1n) is 6.91.